The van der Waals surface area contributed by atoms with E-state index in [0.717, 1.165) is 24.7 Å². The first-order valence-corrected chi connectivity index (χ1v) is 14.8. The van der Waals surface area contributed by atoms with Gasteiger partial charge in [0.2, 0.25) is 5.91 Å². The molecular weight excluding hydrogens is 593 g/mol. The number of hydrogen-bond donors (Lipinski definition) is 4. The van der Waals surface area contributed by atoms with E-state index in [4.69, 9.17) is 11.6 Å². The van der Waals surface area contributed by atoms with Gasteiger partial charge in [-0.05, 0) is 63.7 Å². The van der Waals surface area contributed by atoms with Crippen molar-refractivity contribution in [2.45, 2.75) is 40.3 Å². The van der Waals surface area contributed by atoms with Crippen LogP contribution in [-0.2, 0) is 4.79 Å². The second-order valence-corrected chi connectivity index (χ2v) is 11.3. The number of likely N-dealkylation sites (N-methyl/N-ethyl adjacent to an activating group) is 2. The first-order chi connectivity index (χ1) is 20.7. The highest BCUT2D eigenvalue weighted by molar-refractivity contribution is 7.16. The molecule has 3 rings (SSSR count). The van der Waals surface area contributed by atoms with Gasteiger partial charge in [0.05, 0.1) is 16.3 Å². The van der Waals surface area contributed by atoms with E-state index in [1.807, 2.05) is 25.8 Å². The Morgan fingerprint density at radius 1 is 1.14 bits per heavy atom. The second kappa shape index (κ2) is 15.0. The molecular formula is C30H39F3N8O2S. The number of halogens is 3. The van der Waals surface area contributed by atoms with Crippen molar-refractivity contribution in [2.24, 2.45) is 11.6 Å². The number of anilines is 2. The summed E-state index contributed by atoms with van der Waals surface area (Å²) in [5.41, 5.74) is 7.72. The van der Waals surface area contributed by atoms with Crippen molar-refractivity contribution >= 4 is 39.7 Å². The quantitative estimate of drug-likeness (QED) is 0.195. The Morgan fingerprint density at radius 3 is 2.50 bits per heavy atom. The molecule has 1 aliphatic carbocycles. The molecule has 14 heteroatoms. The van der Waals surface area contributed by atoms with E-state index >= 15 is 0 Å². The molecule has 1 heterocycles. The number of alkyl halides is 3. The Hall–Kier alpha value is -4.14. The minimum absolute atomic E-state index is 0.0319. The van der Waals surface area contributed by atoms with Crippen LogP contribution in [-0.4, -0.2) is 66.0 Å². The number of thiazole rings is 1. The van der Waals surface area contributed by atoms with Gasteiger partial charge in [0, 0.05) is 61.5 Å². The van der Waals surface area contributed by atoms with Gasteiger partial charge in [-0.1, -0.05) is 30.4 Å². The van der Waals surface area contributed by atoms with Crippen molar-refractivity contribution in [2.75, 3.05) is 43.6 Å². The first-order valence-electron chi connectivity index (χ1n) is 14.0. The molecule has 2 amide bonds. The van der Waals surface area contributed by atoms with Gasteiger partial charge in [0.15, 0.2) is 5.13 Å². The number of aryl methyl sites for hydroxylation is 1. The zero-order valence-electron chi connectivity index (χ0n) is 25.5. The molecule has 0 saturated heterocycles. The molecule has 1 aliphatic rings. The summed E-state index contributed by atoms with van der Waals surface area (Å²) in [6.45, 7) is 9.92. The SMILES string of the molecule is CCN(C)CCN(CC)C1=CCC(C(F)(F)F)=CC(NC(=O)c2ccc(C)c(N(N)/C=C(\N)c3cnc(NC(C)=O)s3)c2)=C1. The molecule has 44 heavy (non-hydrogen) atoms. The molecule has 238 valence electrons. The third-order valence-electron chi connectivity index (χ3n) is 6.93. The maximum Gasteiger partial charge on any atom is 0.413 e. The van der Waals surface area contributed by atoms with Gasteiger partial charge < -0.3 is 26.2 Å². The molecule has 0 radical (unpaired) electrons. The predicted octanol–water partition coefficient (Wildman–Crippen LogP) is 4.71. The molecule has 0 atom stereocenters. The van der Waals surface area contributed by atoms with Crippen LogP contribution in [0.3, 0.4) is 0 Å². The van der Waals surface area contributed by atoms with E-state index in [9.17, 15) is 22.8 Å². The number of hydrazine groups is 1. The van der Waals surface area contributed by atoms with Crippen LogP contribution in [0.25, 0.3) is 5.70 Å². The molecule has 0 aliphatic heterocycles. The molecule has 0 bridgehead atoms. The zero-order valence-corrected chi connectivity index (χ0v) is 26.3. The van der Waals surface area contributed by atoms with Gasteiger partial charge in [-0.2, -0.15) is 13.2 Å². The van der Waals surface area contributed by atoms with Crippen molar-refractivity contribution in [3.63, 3.8) is 0 Å². The van der Waals surface area contributed by atoms with Crippen molar-refractivity contribution in [3.8, 4) is 0 Å². The second-order valence-electron chi connectivity index (χ2n) is 10.2. The Balaban J connectivity index is 1.87. The summed E-state index contributed by atoms with van der Waals surface area (Å²) in [4.78, 5) is 33.4. The van der Waals surface area contributed by atoms with Crippen LogP contribution >= 0.6 is 11.3 Å². The van der Waals surface area contributed by atoms with Crippen LogP contribution in [0.4, 0.5) is 24.0 Å². The Labute approximate surface area is 259 Å². The number of rotatable bonds is 12. The molecule has 2 aromatic rings. The topological polar surface area (TPSA) is 133 Å². The van der Waals surface area contributed by atoms with Gasteiger partial charge in [-0.25, -0.2) is 10.8 Å². The number of nitrogens with zero attached hydrogens (tertiary/aromatic N) is 4. The van der Waals surface area contributed by atoms with E-state index in [1.54, 1.807) is 31.2 Å². The Bertz CT molecular complexity index is 1480. The van der Waals surface area contributed by atoms with Crippen molar-refractivity contribution in [3.05, 3.63) is 81.8 Å². The number of amides is 2. The first kappa shape index (κ1) is 34.4. The molecule has 1 aromatic carbocycles. The van der Waals surface area contributed by atoms with Gasteiger partial charge in [-0.15, -0.1) is 0 Å². The summed E-state index contributed by atoms with van der Waals surface area (Å²) in [7, 11) is 1.98. The number of carbonyl (C=O) groups excluding carboxylic acids is 2. The summed E-state index contributed by atoms with van der Waals surface area (Å²) in [6.07, 6.45) is 2.18. The molecule has 0 unspecified atom stereocenters. The Kier molecular flexibility index (Phi) is 11.7. The molecule has 0 saturated carbocycles. The molecule has 0 fully saturated rings. The minimum atomic E-state index is -4.56. The highest BCUT2D eigenvalue weighted by Gasteiger charge is 2.34. The van der Waals surface area contributed by atoms with Crippen LogP contribution in [0.1, 0.15) is 48.0 Å². The van der Waals surface area contributed by atoms with E-state index in [1.165, 1.54) is 41.7 Å². The normalized spacial score (nSPS) is 14.0. The van der Waals surface area contributed by atoms with Gasteiger partial charge in [0.1, 0.15) is 0 Å². The fraction of sp³-hybridized carbons (Fsp3) is 0.367. The fourth-order valence-electron chi connectivity index (χ4n) is 4.26. The third-order valence-corrected chi connectivity index (χ3v) is 7.89. The van der Waals surface area contributed by atoms with Crippen LogP contribution in [0.5, 0.6) is 0 Å². The number of hydrogen-bond acceptors (Lipinski definition) is 9. The largest absolute Gasteiger partial charge is 0.413 e. The lowest BCUT2D eigenvalue weighted by molar-refractivity contribution is -0.114. The molecule has 0 spiro atoms. The summed E-state index contributed by atoms with van der Waals surface area (Å²) in [6, 6.07) is 4.78. The van der Waals surface area contributed by atoms with Crippen LogP contribution in [0, 0.1) is 6.92 Å². The standard InChI is InChI=1S/C30H39F3N8O2S/c1-6-39(5)12-13-40(7-2)24-11-10-22(30(31,32)33)15-23(16-24)38-28(43)21-9-8-19(3)26(14-21)41(35)18-25(34)27-17-36-29(44-27)37-20(4)42/h8-9,11,14-18H,6-7,10,12-13,34-35H2,1-5H3,(H,38,43)(H,36,37,42)/b25-18-. The van der Waals surface area contributed by atoms with Crippen molar-refractivity contribution in [1.82, 2.24) is 20.1 Å². The number of nitrogens with one attached hydrogen (secondary N) is 2. The highest BCUT2D eigenvalue weighted by Crippen LogP contribution is 2.32. The van der Waals surface area contributed by atoms with Crippen LogP contribution in [0.15, 0.2) is 65.8 Å². The maximum atomic E-state index is 13.8. The number of carbonyl (C=O) groups is 2. The summed E-state index contributed by atoms with van der Waals surface area (Å²) in [5.74, 6) is 5.42. The maximum absolute atomic E-state index is 13.8. The van der Waals surface area contributed by atoms with Gasteiger partial charge in [0.25, 0.3) is 5.91 Å². The Morgan fingerprint density at radius 2 is 1.86 bits per heavy atom. The van der Waals surface area contributed by atoms with Crippen molar-refractivity contribution in [1.29, 1.82) is 0 Å². The molecule has 6 N–H and O–H groups in total. The predicted molar refractivity (Wildman–Crippen MR) is 169 cm³/mol. The average Bonchev–Trinajstić information content (AvgIpc) is 3.31. The van der Waals surface area contributed by atoms with Crippen LogP contribution in [0.2, 0.25) is 0 Å². The van der Waals surface area contributed by atoms with Gasteiger partial charge >= 0.3 is 6.18 Å². The number of nitrogens with two attached hydrogens (primary N) is 2. The summed E-state index contributed by atoms with van der Waals surface area (Å²) in [5, 5.41) is 6.87. The number of benzene rings is 1. The van der Waals surface area contributed by atoms with Crippen LogP contribution < -0.4 is 27.2 Å². The van der Waals surface area contributed by atoms with Gasteiger partial charge in [-0.3, -0.25) is 14.6 Å². The highest BCUT2D eigenvalue weighted by atomic mass is 32.1. The minimum Gasteiger partial charge on any atom is -0.396 e. The lowest BCUT2D eigenvalue weighted by Gasteiger charge is -2.27. The fourth-order valence-corrected chi connectivity index (χ4v) is 5.05. The zero-order chi connectivity index (χ0) is 32.6. The van der Waals surface area contributed by atoms with Crippen molar-refractivity contribution < 1.29 is 22.8 Å². The molecule has 1 aromatic heterocycles. The summed E-state index contributed by atoms with van der Waals surface area (Å²) < 4.78 is 41.5. The lowest BCUT2D eigenvalue weighted by Crippen LogP contribution is -2.32. The lowest BCUT2D eigenvalue weighted by atomic mass is 10.1. The van der Waals surface area contributed by atoms with E-state index < -0.39 is 17.7 Å². The molecule has 10 nitrogen and oxygen atoms in total. The van der Waals surface area contributed by atoms with E-state index in [-0.39, 0.29) is 29.3 Å². The van der Waals surface area contributed by atoms with E-state index in [2.05, 4.69) is 20.5 Å². The summed E-state index contributed by atoms with van der Waals surface area (Å²) >= 11 is 1.17. The number of allylic oxidation sites excluding steroid dienone is 4. The average molecular weight is 633 g/mol. The third kappa shape index (κ3) is 9.43. The number of aromatic nitrogens is 1. The smallest absolute Gasteiger partial charge is 0.396 e. The monoisotopic (exact) mass is 632 g/mol. The van der Waals surface area contributed by atoms with E-state index in [0.29, 0.717) is 34.5 Å².